The molecule has 0 heterocycles. The van der Waals surface area contributed by atoms with E-state index in [1.54, 1.807) is 0 Å². The van der Waals surface area contributed by atoms with Crippen LogP contribution < -0.4 is 0 Å². The van der Waals surface area contributed by atoms with Crippen molar-refractivity contribution in [2.24, 2.45) is 11.8 Å². The molecule has 19 heteroatoms. The van der Waals surface area contributed by atoms with E-state index in [1.807, 2.05) is 0 Å². The second kappa shape index (κ2) is 59.4. The van der Waals surface area contributed by atoms with Crippen molar-refractivity contribution in [3.05, 3.63) is 0 Å². The second-order valence-electron chi connectivity index (χ2n) is 24.7. The molecule has 510 valence electrons. The molecule has 0 bridgehead atoms. The van der Waals surface area contributed by atoms with Gasteiger partial charge in [0.1, 0.15) is 19.3 Å². The van der Waals surface area contributed by atoms with Crippen molar-refractivity contribution in [2.75, 3.05) is 39.6 Å². The first-order chi connectivity index (χ1) is 41.4. The van der Waals surface area contributed by atoms with Crippen LogP contribution in [0.2, 0.25) is 0 Å². The van der Waals surface area contributed by atoms with Gasteiger partial charge in [0.05, 0.1) is 26.4 Å². The van der Waals surface area contributed by atoms with Gasteiger partial charge in [-0.1, -0.05) is 286 Å². The molecule has 0 aliphatic rings. The van der Waals surface area contributed by atoms with Crippen molar-refractivity contribution in [1.29, 1.82) is 0 Å². The van der Waals surface area contributed by atoms with Crippen molar-refractivity contribution >= 4 is 39.5 Å². The summed E-state index contributed by atoms with van der Waals surface area (Å²) < 4.78 is 68.0. The van der Waals surface area contributed by atoms with Crippen LogP contribution in [-0.2, 0) is 65.4 Å². The van der Waals surface area contributed by atoms with Crippen LogP contribution in [0.5, 0.6) is 0 Å². The van der Waals surface area contributed by atoms with Crippen molar-refractivity contribution in [1.82, 2.24) is 0 Å². The Bertz CT molecular complexity index is 1690. The van der Waals surface area contributed by atoms with Gasteiger partial charge < -0.3 is 33.8 Å². The summed E-state index contributed by atoms with van der Waals surface area (Å²) in [5.41, 5.74) is 0. The van der Waals surface area contributed by atoms with E-state index in [4.69, 9.17) is 37.0 Å². The highest BCUT2D eigenvalue weighted by Crippen LogP contribution is 2.45. The molecule has 0 rings (SSSR count). The van der Waals surface area contributed by atoms with Gasteiger partial charge in [-0.3, -0.25) is 37.3 Å². The van der Waals surface area contributed by atoms with Crippen LogP contribution in [0.3, 0.4) is 0 Å². The zero-order valence-corrected chi connectivity index (χ0v) is 57.4. The molecule has 0 aromatic rings. The molecular formula is C67H130O17P2. The third-order valence-corrected chi connectivity index (χ3v) is 18.1. The van der Waals surface area contributed by atoms with Crippen molar-refractivity contribution in [2.45, 2.75) is 355 Å². The van der Waals surface area contributed by atoms with Crippen LogP contribution in [0, 0.1) is 11.8 Å². The molecule has 0 aliphatic heterocycles. The van der Waals surface area contributed by atoms with E-state index >= 15 is 0 Å². The highest BCUT2D eigenvalue weighted by atomic mass is 31.2. The van der Waals surface area contributed by atoms with Crippen LogP contribution in [0.15, 0.2) is 0 Å². The van der Waals surface area contributed by atoms with Crippen LogP contribution in [0.1, 0.15) is 337 Å². The highest BCUT2D eigenvalue weighted by Gasteiger charge is 2.30. The van der Waals surface area contributed by atoms with Gasteiger partial charge in [0.2, 0.25) is 0 Å². The molecule has 0 aromatic carbocycles. The largest absolute Gasteiger partial charge is 0.472 e. The number of carbonyl (C=O) groups is 4. The maximum atomic E-state index is 13.0. The molecule has 0 aliphatic carbocycles. The molecule has 0 spiro atoms. The van der Waals surface area contributed by atoms with E-state index in [1.165, 1.54) is 141 Å². The fourth-order valence-electron chi connectivity index (χ4n) is 10.00. The van der Waals surface area contributed by atoms with E-state index in [9.17, 15) is 43.2 Å². The summed E-state index contributed by atoms with van der Waals surface area (Å²) in [5, 5.41) is 10.5. The predicted octanol–water partition coefficient (Wildman–Crippen LogP) is 18.8. The molecule has 17 nitrogen and oxygen atoms in total. The molecule has 0 radical (unpaired) electrons. The molecule has 86 heavy (non-hydrogen) atoms. The number of carbonyl (C=O) groups excluding carboxylic acids is 4. The Morgan fingerprint density at radius 3 is 0.826 bits per heavy atom. The normalized spacial score (nSPS) is 14.8. The Kier molecular flexibility index (Phi) is 58.0. The average Bonchev–Trinajstić information content (AvgIpc) is 3.66. The quantitative estimate of drug-likeness (QED) is 0.0222. The van der Waals surface area contributed by atoms with Crippen LogP contribution >= 0.6 is 15.6 Å². The van der Waals surface area contributed by atoms with Gasteiger partial charge in [-0.25, -0.2) is 9.13 Å². The maximum absolute atomic E-state index is 13.0. The molecule has 4 unspecified atom stereocenters. The Balaban J connectivity index is 5.21. The van der Waals surface area contributed by atoms with Gasteiger partial charge in [0, 0.05) is 25.7 Å². The third-order valence-electron chi connectivity index (χ3n) is 16.2. The lowest BCUT2D eigenvalue weighted by Crippen LogP contribution is -2.30. The summed E-state index contributed by atoms with van der Waals surface area (Å²) in [6.45, 7) is 9.44. The first kappa shape index (κ1) is 84.1. The minimum Gasteiger partial charge on any atom is -0.462 e. The molecule has 0 saturated heterocycles. The lowest BCUT2D eigenvalue weighted by atomic mass is 9.99. The van der Waals surface area contributed by atoms with Crippen molar-refractivity contribution in [3.8, 4) is 0 Å². The molecular weight excluding hydrogens is 1140 g/mol. The van der Waals surface area contributed by atoms with E-state index in [0.717, 1.165) is 115 Å². The summed E-state index contributed by atoms with van der Waals surface area (Å²) >= 11 is 0. The fraction of sp³-hybridized carbons (Fsp3) is 0.940. The fourth-order valence-corrected chi connectivity index (χ4v) is 11.6. The number of hydrogen-bond donors (Lipinski definition) is 3. The van der Waals surface area contributed by atoms with Gasteiger partial charge in [0.15, 0.2) is 12.2 Å². The van der Waals surface area contributed by atoms with Crippen LogP contribution in [0.4, 0.5) is 0 Å². The number of aliphatic hydroxyl groups is 1. The minimum absolute atomic E-state index is 0.102. The van der Waals surface area contributed by atoms with Crippen LogP contribution in [0.25, 0.3) is 0 Å². The summed E-state index contributed by atoms with van der Waals surface area (Å²) in [4.78, 5) is 72.2. The number of unbranched alkanes of at least 4 members (excludes halogenated alkanes) is 34. The van der Waals surface area contributed by atoms with Gasteiger partial charge >= 0.3 is 39.5 Å². The van der Waals surface area contributed by atoms with E-state index in [-0.39, 0.29) is 25.7 Å². The molecule has 7 atom stereocenters. The molecule has 0 aromatic heterocycles. The Hall–Kier alpha value is -1.94. The molecule has 0 saturated carbocycles. The summed E-state index contributed by atoms with van der Waals surface area (Å²) in [6.07, 6.45) is 43.2. The maximum Gasteiger partial charge on any atom is 0.472 e. The third kappa shape index (κ3) is 58.4. The standard InChI is InChI=1S/C67H130O17P2/c1-7-11-13-15-17-18-19-20-21-22-23-24-25-26-32-39-45-51-66(71)83-62(56-78-65(70)50-44-38-31-28-27-30-35-41-47-59(5)9-3)57-81-85(73,74)79-53-61(68)54-80-86(75,76)82-58-63(55-77-64(69)49-43-37-29-16-14-12-8-2)84-67(72)52-46-40-34-33-36-42-48-60(6)10-4/h59-63,68H,7-58H2,1-6H3,(H,73,74)(H,75,76)/t59?,60?,61-,62-,63-/m1/s1. The van der Waals surface area contributed by atoms with E-state index in [0.29, 0.717) is 25.7 Å². The number of ether oxygens (including phenoxy) is 4. The predicted molar refractivity (Wildman–Crippen MR) is 345 cm³/mol. The SMILES string of the molecule is CCCCCCCCCCCCCCCCCCCC(=O)O[C@H](COC(=O)CCCCCCCCCCC(C)CC)COP(=O)(O)OC[C@@H](O)COP(=O)(O)OC[C@@H](COC(=O)CCCCCCCCC)OC(=O)CCCCCCCCC(C)CC. The van der Waals surface area contributed by atoms with Gasteiger partial charge in [-0.15, -0.1) is 0 Å². The molecule has 0 amide bonds. The van der Waals surface area contributed by atoms with Crippen molar-refractivity contribution < 1.29 is 80.2 Å². The van der Waals surface area contributed by atoms with E-state index in [2.05, 4.69) is 41.5 Å². The second-order valence-corrected chi connectivity index (χ2v) is 27.6. The van der Waals surface area contributed by atoms with Crippen molar-refractivity contribution in [3.63, 3.8) is 0 Å². The topological polar surface area (TPSA) is 237 Å². The number of aliphatic hydroxyl groups excluding tert-OH is 1. The first-order valence-corrected chi connectivity index (χ1v) is 38.1. The summed E-state index contributed by atoms with van der Waals surface area (Å²) in [5.74, 6) is -0.638. The molecule has 3 N–H and O–H groups in total. The van der Waals surface area contributed by atoms with Gasteiger partial charge in [0.25, 0.3) is 0 Å². The Labute approximate surface area is 524 Å². The zero-order valence-electron chi connectivity index (χ0n) is 55.6. The number of hydrogen-bond acceptors (Lipinski definition) is 15. The van der Waals surface area contributed by atoms with Crippen LogP contribution in [-0.4, -0.2) is 96.7 Å². The Morgan fingerprint density at radius 2 is 0.558 bits per heavy atom. The Morgan fingerprint density at radius 1 is 0.326 bits per heavy atom. The molecule has 0 fully saturated rings. The lowest BCUT2D eigenvalue weighted by Gasteiger charge is -2.21. The van der Waals surface area contributed by atoms with Gasteiger partial charge in [-0.05, 0) is 37.5 Å². The number of phosphoric acid groups is 2. The summed E-state index contributed by atoms with van der Waals surface area (Å²) in [6, 6.07) is 0. The smallest absolute Gasteiger partial charge is 0.462 e. The number of esters is 4. The minimum atomic E-state index is -4.95. The monoisotopic (exact) mass is 1270 g/mol. The first-order valence-electron chi connectivity index (χ1n) is 35.1. The van der Waals surface area contributed by atoms with Gasteiger partial charge in [-0.2, -0.15) is 0 Å². The zero-order chi connectivity index (χ0) is 63.6. The number of phosphoric ester groups is 2. The summed E-state index contributed by atoms with van der Waals surface area (Å²) in [7, 11) is -9.89. The highest BCUT2D eigenvalue weighted by molar-refractivity contribution is 7.47. The van der Waals surface area contributed by atoms with E-state index < -0.39 is 97.5 Å². The average molecular weight is 1270 g/mol. The number of rotatable bonds is 66. The lowest BCUT2D eigenvalue weighted by molar-refractivity contribution is -0.161.